The molecule has 3 nitrogen and oxygen atoms in total. The second-order valence-electron chi connectivity index (χ2n) is 5.15. The van der Waals surface area contributed by atoms with Crippen LogP contribution in [0.4, 0.5) is 0 Å². The Labute approximate surface area is 84.1 Å². The van der Waals surface area contributed by atoms with Crippen LogP contribution in [0.15, 0.2) is 0 Å². The van der Waals surface area contributed by atoms with Crippen LogP contribution in [0.2, 0.25) is 0 Å². The van der Waals surface area contributed by atoms with Crippen LogP contribution in [0.1, 0.15) is 38.5 Å². The second kappa shape index (κ2) is 2.72. The molecular formula is C11H17NO2. The summed E-state index contributed by atoms with van der Waals surface area (Å²) in [7, 11) is 0. The zero-order valence-corrected chi connectivity index (χ0v) is 8.41. The SMILES string of the molecule is O=C1CC2CC3(CCCN13)CCC2O. The molecule has 2 bridgehead atoms. The molecule has 1 N–H and O–H groups in total. The fourth-order valence-corrected chi connectivity index (χ4v) is 3.72. The molecule has 3 rings (SSSR count). The van der Waals surface area contributed by atoms with Gasteiger partial charge in [0.05, 0.1) is 6.10 Å². The molecule has 0 radical (unpaired) electrons. The number of rotatable bonds is 0. The van der Waals surface area contributed by atoms with E-state index < -0.39 is 0 Å². The number of nitrogens with zero attached hydrogens (tertiary/aromatic N) is 1. The Balaban J connectivity index is 1.94. The summed E-state index contributed by atoms with van der Waals surface area (Å²) in [4.78, 5) is 14.0. The lowest BCUT2D eigenvalue weighted by Crippen LogP contribution is -2.57. The van der Waals surface area contributed by atoms with Gasteiger partial charge in [-0.1, -0.05) is 0 Å². The van der Waals surface area contributed by atoms with Gasteiger partial charge in [0.1, 0.15) is 0 Å². The second-order valence-corrected chi connectivity index (χ2v) is 5.15. The maximum absolute atomic E-state index is 11.8. The summed E-state index contributed by atoms with van der Waals surface area (Å²) in [6.07, 6.45) is 5.68. The average Bonchev–Trinajstić information content (AvgIpc) is 2.57. The van der Waals surface area contributed by atoms with E-state index in [0.29, 0.717) is 6.42 Å². The van der Waals surface area contributed by atoms with E-state index in [1.54, 1.807) is 0 Å². The fourth-order valence-electron chi connectivity index (χ4n) is 3.72. The molecule has 0 aromatic carbocycles. The van der Waals surface area contributed by atoms with Gasteiger partial charge in [-0.05, 0) is 38.0 Å². The van der Waals surface area contributed by atoms with Crippen LogP contribution >= 0.6 is 0 Å². The number of aliphatic hydroxyl groups excluding tert-OH is 1. The van der Waals surface area contributed by atoms with E-state index in [2.05, 4.69) is 4.90 Å². The van der Waals surface area contributed by atoms with Crippen molar-refractivity contribution in [1.29, 1.82) is 0 Å². The summed E-state index contributed by atoms with van der Waals surface area (Å²) in [6, 6.07) is 0. The summed E-state index contributed by atoms with van der Waals surface area (Å²) < 4.78 is 0. The van der Waals surface area contributed by atoms with Gasteiger partial charge in [-0.3, -0.25) is 4.79 Å². The molecule has 3 atom stereocenters. The molecule has 1 amide bonds. The maximum atomic E-state index is 11.8. The maximum Gasteiger partial charge on any atom is 0.223 e. The largest absolute Gasteiger partial charge is 0.393 e. The minimum absolute atomic E-state index is 0.166. The van der Waals surface area contributed by atoms with Crippen molar-refractivity contribution < 1.29 is 9.90 Å². The van der Waals surface area contributed by atoms with Gasteiger partial charge in [0.15, 0.2) is 0 Å². The van der Waals surface area contributed by atoms with E-state index in [1.165, 1.54) is 6.42 Å². The fraction of sp³-hybridized carbons (Fsp3) is 0.909. The van der Waals surface area contributed by atoms with Crippen LogP contribution in [0.5, 0.6) is 0 Å². The van der Waals surface area contributed by atoms with Gasteiger partial charge in [-0.2, -0.15) is 0 Å². The van der Waals surface area contributed by atoms with Crippen LogP contribution in [0.25, 0.3) is 0 Å². The van der Waals surface area contributed by atoms with E-state index in [0.717, 1.165) is 32.2 Å². The van der Waals surface area contributed by atoms with E-state index in [9.17, 15) is 9.90 Å². The first kappa shape index (κ1) is 8.72. The summed E-state index contributed by atoms with van der Waals surface area (Å²) in [5, 5.41) is 9.78. The van der Waals surface area contributed by atoms with Crippen molar-refractivity contribution >= 4 is 5.91 Å². The molecule has 3 aliphatic rings. The van der Waals surface area contributed by atoms with Crippen molar-refractivity contribution in [3.8, 4) is 0 Å². The number of carbonyl (C=O) groups is 1. The van der Waals surface area contributed by atoms with Gasteiger partial charge in [0.2, 0.25) is 5.91 Å². The molecule has 0 aromatic heterocycles. The molecule has 14 heavy (non-hydrogen) atoms. The van der Waals surface area contributed by atoms with Crippen LogP contribution < -0.4 is 0 Å². The topological polar surface area (TPSA) is 40.5 Å². The third kappa shape index (κ3) is 0.991. The lowest BCUT2D eigenvalue weighted by atomic mass is 9.69. The average molecular weight is 195 g/mol. The lowest BCUT2D eigenvalue weighted by Gasteiger charge is -2.50. The first-order valence-corrected chi connectivity index (χ1v) is 5.70. The predicted octanol–water partition coefficient (Wildman–Crippen LogP) is 0.912. The molecule has 3 unspecified atom stereocenters. The lowest BCUT2D eigenvalue weighted by molar-refractivity contribution is -0.149. The van der Waals surface area contributed by atoms with Crippen LogP contribution in [0, 0.1) is 5.92 Å². The van der Waals surface area contributed by atoms with Crippen molar-refractivity contribution in [2.24, 2.45) is 5.92 Å². The van der Waals surface area contributed by atoms with Gasteiger partial charge in [-0.25, -0.2) is 0 Å². The third-order valence-corrected chi connectivity index (χ3v) is 4.43. The van der Waals surface area contributed by atoms with E-state index in [-0.39, 0.29) is 23.5 Å². The first-order valence-electron chi connectivity index (χ1n) is 5.70. The Hall–Kier alpha value is -0.570. The smallest absolute Gasteiger partial charge is 0.223 e. The third-order valence-electron chi connectivity index (χ3n) is 4.43. The van der Waals surface area contributed by atoms with Crippen molar-refractivity contribution in [2.75, 3.05) is 6.54 Å². The Bertz CT molecular complexity index is 278. The predicted molar refractivity (Wildman–Crippen MR) is 51.6 cm³/mol. The normalized spacial score (nSPS) is 46.6. The number of hydrogen-bond acceptors (Lipinski definition) is 2. The number of aliphatic hydroxyl groups is 1. The minimum Gasteiger partial charge on any atom is -0.393 e. The quantitative estimate of drug-likeness (QED) is 0.624. The van der Waals surface area contributed by atoms with Gasteiger partial charge in [0, 0.05) is 18.5 Å². The molecule has 0 aromatic rings. The number of hydrogen-bond donors (Lipinski definition) is 1. The summed E-state index contributed by atoms with van der Waals surface area (Å²) in [5.74, 6) is 0.545. The number of fused-ring (bicyclic) bond motifs is 1. The van der Waals surface area contributed by atoms with Gasteiger partial charge >= 0.3 is 0 Å². The highest BCUT2D eigenvalue weighted by Gasteiger charge is 2.52. The first-order chi connectivity index (χ1) is 6.71. The number of carbonyl (C=O) groups excluding carboxylic acids is 1. The summed E-state index contributed by atoms with van der Waals surface area (Å²) in [6.45, 7) is 0.960. The van der Waals surface area contributed by atoms with Crippen LogP contribution in [0.3, 0.4) is 0 Å². The van der Waals surface area contributed by atoms with Gasteiger partial charge < -0.3 is 10.0 Å². The molecule has 1 saturated carbocycles. The highest BCUT2D eigenvalue weighted by Crippen LogP contribution is 2.48. The molecule has 1 spiro atoms. The zero-order chi connectivity index (χ0) is 9.76. The molecule has 78 valence electrons. The monoisotopic (exact) mass is 195 g/mol. The van der Waals surface area contributed by atoms with Crippen molar-refractivity contribution in [2.45, 2.75) is 50.2 Å². The van der Waals surface area contributed by atoms with Crippen molar-refractivity contribution in [3.05, 3.63) is 0 Å². The van der Waals surface area contributed by atoms with E-state index in [4.69, 9.17) is 0 Å². The molecule has 2 heterocycles. The summed E-state index contributed by atoms with van der Waals surface area (Å²) in [5.41, 5.74) is 0.166. The molecule has 3 heteroatoms. The molecule has 2 saturated heterocycles. The number of amides is 1. The standard InChI is InChI=1S/C11H17NO2/c13-9-2-4-11-3-1-5-12(11)10(14)6-8(9)7-11/h8-9,13H,1-7H2. The Morgan fingerprint density at radius 1 is 1.43 bits per heavy atom. The molecule has 2 aliphatic heterocycles. The van der Waals surface area contributed by atoms with E-state index in [1.807, 2.05) is 0 Å². The highest BCUT2D eigenvalue weighted by molar-refractivity contribution is 5.79. The van der Waals surface area contributed by atoms with E-state index >= 15 is 0 Å². The molecular weight excluding hydrogens is 178 g/mol. The molecule has 1 aliphatic carbocycles. The highest BCUT2D eigenvalue weighted by atomic mass is 16.3. The zero-order valence-electron chi connectivity index (χ0n) is 8.41. The Morgan fingerprint density at radius 3 is 3.14 bits per heavy atom. The van der Waals surface area contributed by atoms with Crippen molar-refractivity contribution in [3.63, 3.8) is 0 Å². The Morgan fingerprint density at radius 2 is 2.29 bits per heavy atom. The Kier molecular flexibility index (Phi) is 1.69. The van der Waals surface area contributed by atoms with Crippen molar-refractivity contribution in [1.82, 2.24) is 4.90 Å². The molecule has 3 fully saturated rings. The summed E-state index contributed by atoms with van der Waals surface area (Å²) >= 11 is 0. The van der Waals surface area contributed by atoms with Gasteiger partial charge in [-0.15, -0.1) is 0 Å². The minimum atomic E-state index is -0.215. The van der Waals surface area contributed by atoms with Gasteiger partial charge in [0.25, 0.3) is 0 Å². The van der Waals surface area contributed by atoms with Crippen LogP contribution in [-0.4, -0.2) is 34.1 Å². The number of piperidine rings is 1. The van der Waals surface area contributed by atoms with Crippen LogP contribution in [-0.2, 0) is 4.79 Å².